The number of nitrogens with two attached hydrogens (primary N) is 1. The van der Waals surface area contributed by atoms with Crippen molar-refractivity contribution in [3.8, 4) is 11.1 Å². The van der Waals surface area contributed by atoms with E-state index in [0.717, 1.165) is 29.4 Å². The van der Waals surface area contributed by atoms with Crippen LogP contribution in [0.5, 0.6) is 0 Å². The lowest BCUT2D eigenvalue weighted by Gasteiger charge is -2.04. The summed E-state index contributed by atoms with van der Waals surface area (Å²) in [5.41, 5.74) is 10.9. The van der Waals surface area contributed by atoms with Gasteiger partial charge < -0.3 is 5.73 Å². The summed E-state index contributed by atoms with van der Waals surface area (Å²) in [6.07, 6.45) is 3.74. The van der Waals surface area contributed by atoms with Gasteiger partial charge in [-0.15, -0.1) is 0 Å². The molecule has 0 aliphatic heterocycles. The van der Waals surface area contributed by atoms with E-state index in [1.807, 2.05) is 7.05 Å². The van der Waals surface area contributed by atoms with Crippen molar-refractivity contribution < 1.29 is 0 Å². The number of aryl methyl sites for hydroxylation is 2. The molecule has 0 atom stereocenters. The van der Waals surface area contributed by atoms with Crippen LogP contribution in [0.2, 0.25) is 0 Å². The average molecular weight is 241 g/mol. The third-order valence-corrected chi connectivity index (χ3v) is 3.68. The first-order valence-corrected chi connectivity index (χ1v) is 6.53. The Morgan fingerprint density at radius 3 is 2.56 bits per heavy atom. The number of hydrogen-bond acceptors (Lipinski definition) is 2. The lowest BCUT2D eigenvalue weighted by atomic mass is 10.0. The normalized spacial score (nSPS) is 15.0. The molecule has 1 aromatic heterocycles. The predicted molar refractivity (Wildman–Crippen MR) is 74.2 cm³/mol. The van der Waals surface area contributed by atoms with Gasteiger partial charge in [-0.25, -0.2) is 0 Å². The Kier molecular flexibility index (Phi) is 2.62. The van der Waals surface area contributed by atoms with E-state index >= 15 is 0 Å². The van der Waals surface area contributed by atoms with Crippen molar-refractivity contribution in [2.75, 3.05) is 5.73 Å². The number of anilines is 1. The van der Waals surface area contributed by atoms with E-state index in [1.54, 1.807) is 4.68 Å². The molecule has 2 aromatic rings. The highest BCUT2D eigenvalue weighted by Crippen LogP contribution is 2.37. The van der Waals surface area contributed by atoms with Gasteiger partial charge in [0.1, 0.15) is 5.82 Å². The standard InChI is InChI=1S/C15H19N3/c1-10-3-7-12(8-4-10)14-13(9-11-5-6-11)17-18(2)15(14)16/h3-4,7-8,11H,5-6,9,16H2,1-2H3. The highest BCUT2D eigenvalue weighted by atomic mass is 15.3. The van der Waals surface area contributed by atoms with Gasteiger partial charge in [0.05, 0.1) is 5.69 Å². The fraction of sp³-hybridized carbons (Fsp3) is 0.400. The van der Waals surface area contributed by atoms with Gasteiger partial charge in [0, 0.05) is 12.6 Å². The lowest BCUT2D eigenvalue weighted by molar-refractivity contribution is 0.722. The summed E-state index contributed by atoms with van der Waals surface area (Å²) in [5, 5.41) is 4.58. The first kappa shape index (κ1) is 11.3. The topological polar surface area (TPSA) is 43.8 Å². The molecule has 1 aliphatic carbocycles. The average Bonchev–Trinajstić information content (AvgIpc) is 3.10. The molecular weight excluding hydrogens is 222 g/mol. The van der Waals surface area contributed by atoms with Crippen LogP contribution in [0.15, 0.2) is 24.3 Å². The van der Waals surface area contributed by atoms with Crippen molar-refractivity contribution in [2.24, 2.45) is 13.0 Å². The maximum atomic E-state index is 6.17. The smallest absolute Gasteiger partial charge is 0.129 e. The lowest BCUT2D eigenvalue weighted by Crippen LogP contribution is -1.98. The molecule has 94 valence electrons. The second kappa shape index (κ2) is 4.16. The molecule has 3 rings (SSSR count). The van der Waals surface area contributed by atoms with Crippen LogP contribution >= 0.6 is 0 Å². The number of hydrogen-bond donors (Lipinski definition) is 1. The van der Waals surface area contributed by atoms with E-state index in [0.29, 0.717) is 0 Å². The number of nitrogens with zero attached hydrogens (tertiary/aromatic N) is 2. The molecule has 1 fully saturated rings. The van der Waals surface area contributed by atoms with Crippen molar-refractivity contribution >= 4 is 5.82 Å². The van der Waals surface area contributed by atoms with Crippen molar-refractivity contribution in [3.63, 3.8) is 0 Å². The Balaban J connectivity index is 2.05. The van der Waals surface area contributed by atoms with Gasteiger partial charge in [0.2, 0.25) is 0 Å². The molecule has 18 heavy (non-hydrogen) atoms. The van der Waals surface area contributed by atoms with Crippen molar-refractivity contribution in [1.29, 1.82) is 0 Å². The molecule has 3 heteroatoms. The molecule has 1 aliphatic rings. The monoisotopic (exact) mass is 241 g/mol. The zero-order chi connectivity index (χ0) is 12.7. The second-order valence-corrected chi connectivity index (χ2v) is 5.34. The van der Waals surface area contributed by atoms with Crippen LogP contribution in [0.4, 0.5) is 5.82 Å². The van der Waals surface area contributed by atoms with Crippen LogP contribution in [-0.4, -0.2) is 9.78 Å². The summed E-state index contributed by atoms with van der Waals surface area (Å²) in [6.45, 7) is 2.10. The van der Waals surface area contributed by atoms with Crippen LogP contribution in [-0.2, 0) is 13.5 Å². The zero-order valence-electron chi connectivity index (χ0n) is 11.0. The second-order valence-electron chi connectivity index (χ2n) is 5.34. The highest BCUT2D eigenvalue weighted by Gasteiger charge is 2.26. The van der Waals surface area contributed by atoms with Crippen molar-refractivity contribution in [3.05, 3.63) is 35.5 Å². The number of nitrogen functional groups attached to an aromatic ring is 1. The van der Waals surface area contributed by atoms with E-state index in [-0.39, 0.29) is 0 Å². The fourth-order valence-corrected chi connectivity index (χ4v) is 2.37. The van der Waals surface area contributed by atoms with Gasteiger partial charge in [0.15, 0.2) is 0 Å². The summed E-state index contributed by atoms with van der Waals surface area (Å²) in [4.78, 5) is 0. The summed E-state index contributed by atoms with van der Waals surface area (Å²) >= 11 is 0. The van der Waals surface area contributed by atoms with Crippen LogP contribution in [0, 0.1) is 12.8 Å². The molecule has 0 radical (unpaired) electrons. The predicted octanol–water partition coefficient (Wildman–Crippen LogP) is 2.93. The Morgan fingerprint density at radius 2 is 1.94 bits per heavy atom. The molecule has 0 amide bonds. The Morgan fingerprint density at radius 1 is 1.28 bits per heavy atom. The number of benzene rings is 1. The molecule has 3 nitrogen and oxygen atoms in total. The van der Waals surface area contributed by atoms with Crippen LogP contribution in [0.25, 0.3) is 11.1 Å². The SMILES string of the molecule is Cc1ccc(-c2c(CC3CC3)nn(C)c2N)cc1. The Labute approximate surface area is 108 Å². The van der Waals surface area contributed by atoms with Gasteiger partial charge in [-0.05, 0) is 37.7 Å². The number of aromatic nitrogens is 2. The van der Waals surface area contributed by atoms with Crippen LogP contribution in [0.1, 0.15) is 24.1 Å². The molecule has 0 saturated heterocycles. The minimum absolute atomic E-state index is 0.773. The zero-order valence-corrected chi connectivity index (χ0v) is 11.0. The van der Waals surface area contributed by atoms with Crippen LogP contribution in [0.3, 0.4) is 0 Å². The minimum Gasteiger partial charge on any atom is -0.383 e. The van der Waals surface area contributed by atoms with Gasteiger partial charge in [-0.1, -0.05) is 29.8 Å². The molecule has 1 saturated carbocycles. The van der Waals surface area contributed by atoms with Gasteiger partial charge >= 0.3 is 0 Å². The summed E-state index contributed by atoms with van der Waals surface area (Å²) in [7, 11) is 1.92. The van der Waals surface area contributed by atoms with E-state index in [9.17, 15) is 0 Å². The Bertz CT molecular complexity index is 562. The summed E-state index contributed by atoms with van der Waals surface area (Å²) < 4.78 is 1.80. The van der Waals surface area contributed by atoms with Crippen LogP contribution < -0.4 is 5.73 Å². The summed E-state index contributed by atoms with van der Waals surface area (Å²) in [6, 6.07) is 8.53. The molecule has 1 heterocycles. The molecule has 1 aromatic carbocycles. The third kappa shape index (κ3) is 2.01. The Hall–Kier alpha value is -1.77. The quantitative estimate of drug-likeness (QED) is 0.898. The summed E-state index contributed by atoms with van der Waals surface area (Å²) in [5.74, 6) is 1.60. The minimum atomic E-state index is 0.773. The molecule has 0 bridgehead atoms. The highest BCUT2D eigenvalue weighted by molar-refractivity contribution is 5.76. The van der Waals surface area contributed by atoms with Crippen molar-refractivity contribution in [2.45, 2.75) is 26.2 Å². The fourth-order valence-electron chi connectivity index (χ4n) is 2.37. The first-order valence-electron chi connectivity index (χ1n) is 6.53. The maximum absolute atomic E-state index is 6.17. The molecule has 0 unspecified atom stereocenters. The van der Waals surface area contributed by atoms with E-state index in [1.165, 1.54) is 24.0 Å². The largest absolute Gasteiger partial charge is 0.383 e. The van der Waals surface area contributed by atoms with Gasteiger partial charge in [-0.3, -0.25) is 4.68 Å². The van der Waals surface area contributed by atoms with Gasteiger partial charge in [0.25, 0.3) is 0 Å². The molecule has 0 spiro atoms. The first-order chi connectivity index (χ1) is 8.65. The van der Waals surface area contributed by atoms with Crippen molar-refractivity contribution in [1.82, 2.24) is 9.78 Å². The third-order valence-electron chi connectivity index (χ3n) is 3.68. The maximum Gasteiger partial charge on any atom is 0.129 e. The molecular formula is C15H19N3. The number of rotatable bonds is 3. The van der Waals surface area contributed by atoms with E-state index < -0.39 is 0 Å². The van der Waals surface area contributed by atoms with Gasteiger partial charge in [-0.2, -0.15) is 5.10 Å². The van der Waals surface area contributed by atoms with E-state index in [2.05, 4.69) is 36.3 Å². The van der Waals surface area contributed by atoms with E-state index in [4.69, 9.17) is 5.73 Å². The molecule has 2 N–H and O–H groups in total.